The van der Waals surface area contributed by atoms with Crippen LogP contribution in [0.4, 0.5) is 0 Å². The van der Waals surface area contributed by atoms with E-state index in [-0.39, 0.29) is 4.90 Å². The van der Waals surface area contributed by atoms with Crippen LogP contribution in [0, 0.1) is 0 Å². The number of hydrogen-bond acceptors (Lipinski definition) is 4. The van der Waals surface area contributed by atoms with E-state index in [9.17, 15) is 8.42 Å². The van der Waals surface area contributed by atoms with Crippen LogP contribution in [0.2, 0.25) is 0 Å². The fraction of sp³-hybridized carbons (Fsp3) is 0.471. The maximum absolute atomic E-state index is 12.7. The van der Waals surface area contributed by atoms with Gasteiger partial charge in [-0.25, -0.2) is 17.8 Å². The molecule has 0 radical (unpaired) electrons. The van der Waals surface area contributed by atoms with Crippen molar-refractivity contribution >= 4 is 10.0 Å². The third kappa shape index (κ3) is 4.43. The highest BCUT2D eigenvalue weighted by Crippen LogP contribution is 2.28. The van der Waals surface area contributed by atoms with Crippen LogP contribution < -0.4 is 4.72 Å². The fourth-order valence-corrected chi connectivity index (χ4v) is 3.70. The SMILES string of the molecule is COCCCNS(=O)(=O)c1cn(-c2ccccc2)nc1C(C)(C)C. The Hall–Kier alpha value is -1.70. The molecule has 0 aliphatic carbocycles. The summed E-state index contributed by atoms with van der Waals surface area (Å²) in [6.45, 7) is 6.70. The Morgan fingerprint density at radius 3 is 2.46 bits per heavy atom. The van der Waals surface area contributed by atoms with Crippen molar-refractivity contribution in [2.45, 2.75) is 37.5 Å². The van der Waals surface area contributed by atoms with Crippen molar-refractivity contribution in [1.29, 1.82) is 0 Å². The molecule has 7 heteroatoms. The number of hydrogen-bond donors (Lipinski definition) is 1. The highest BCUT2D eigenvalue weighted by Gasteiger charge is 2.29. The van der Waals surface area contributed by atoms with E-state index in [1.54, 1.807) is 18.0 Å². The lowest BCUT2D eigenvalue weighted by Gasteiger charge is -2.17. The first kappa shape index (κ1) is 18.6. The molecule has 1 heterocycles. The Labute approximate surface area is 143 Å². The summed E-state index contributed by atoms with van der Waals surface area (Å²) in [5.74, 6) is 0. The molecule has 2 aromatic rings. The lowest BCUT2D eigenvalue weighted by atomic mass is 9.92. The van der Waals surface area contributed by atoms with Gasteiger partial charge in [-0.3, -0.25) is 0 Å². The van der Waals surface area contributed by atoms with Crippen LogP contribution in [0.25, 0.3) is 5.69 Å². The van der Waals surface area contributed by atoms with E-state index in [0.717, 1.165) is 5.69 Å². The summed E-state index contributed by atoms with van der Waals surface area (Å²) in [4.78, 5) is 0.219. The van der Waals surface area contributed by atoms with Gasteiger partial charge in [0.2, 0.25) is 10.0 Å². The fourth-order valence-electron chi connectivity index (χ4n) is 2.29. The smallest absolute Gasteiger partial charge is 0.244 e. The van der Waals surface area contributed by atoms with Gasteiger partial charge >= 0.3 is 0 Å². The monoisotopic (exact) mass is 351 g/mol. The zero-order chi connectivity index (χ0) is 17.8. The van der Waals surface area contributed by atoms with Gasteiger partial charge < -0.3 is 4.74 Å². The number of para-hydroxylation sites is 1. The number of sulfonamides is 1. The van der Waals surface area contributed by atoms with Crippen LogP contribution in [0.1, 0.15) is 32.9 Å². The summed E-state index contributed by atoms with van der Waals surface area (Å²) in [7, 11) is -2.04. The highest BCUT2D eigenvalue weighted by molar-refractivity contribution is 7.89. The molecule has 0 fully saturated rings. The topological polar surface area (TPSA) is 73.2 Å². The van der Waals surface area contributed by atoms with Gasteiger partial charge in [-0.15, -0.1) is 0 Å². The molecule has 24 heavy (non-hydrogen) atoms. The van der Waals surface area contributed by atoms with E-state index in [1.807, 2.05) is 51.1 Å². The molecule has 6 nitrogen and oxygen atoms in total. The van der Waals surface area contributed by atoms with Crippen LogP contribution in [0.3, 0.4) is 0 Å². The van der Waals surface area contributed by atoms with E-state index >= 15 is 0 Å². The Morgan fingerprint density at radius 1 is 1.21 bits per heavy atom. The Bertz CT molecular complexity index is 762. The molecule has 2 rings (SSSR count). The lowest BCUT2D eigenvalue weighted by Crippen LogP contribution is -2.28. The first-order valence-electron chi connectivity index (χ1n) is 7.90. The zero-order valence-corrected chi connectivity index (χ0v) is 15.4. The zero-order valence-electron chi connectivity index (χ0n) is 14.6. The average Bonchev–Trinajstić information content (AvgIpc) is 2.99. The van der Waals surface area contributed by atoms with Crippen molar-refractivity contribution in [2.24, 2.45) is 0 Å². The van der Waals surface area contributed by atoms with Crippen molar-refractivity contribution < 1.29 is 13.2 Å². The average molecular weight is 351 g/mol. The molecule has 0 aliphatic rings. The molecule has 0 bridgehead atoms. The molecule has 0 atom stereocenters. The maximum Gasteiger partial charge on any atom is 0.244 e. The summed E-state index contributed by atoms with van der Waals surface area (Å²) in [5.41, 5.74) is 0.978. The van der Waals surface area contributed by atoms with E-state index in [0.29, 0.717) is 25.3 Å². The molecular formula is C17H25N3O3S. The van der Waals surface area contributed by atoms with Gasteiger partial charge in [-0.2, -0.15) is 5.10 Å². The molecule has 0 spiro atoms. The number of methoxy groups -OCH3 is 1. The predicted molar refractivity (Wildman–Crippen MR) is 93.9 cm³/mol. The molecule has 1 aromatic carbocycles. The molecule has 132 valence electrons. The van der Waals surface area contributed by atoms with Crippen molar-refractivity contribution in [3.05, 3.63) is 42.2 Å². The minimum Gasteiger partial charge on any atom is -0.385 e. The summed E-state index contributed by atoms with van der Waals surface area (Å²) >= 11 is 0. The molecule has 0 amide bonds. The summed E-state index contributed by atoms with van der Waals surface area (Å²) in [5, 5.41) is 4.54. The van der Waals surface area contributed by atoms with Gasteiger partial charge in [0, 0.05) is 25.7 Å². The second-order valence-corrected chi connectivity index (χ2v) is 8.35. The van der Waals surface area contributed by atoms with Crippen LogP contribution in [-0.2, 0) is 20.2 Å². The predicted octanol–water partition coefficient (Wildman–Crippen LogP) is 2.48. The number of nitrogens with zero attached hydrogens (tertiary/aromatic N) is 2. The van der Waals surface area contributed by atoms with Gasteiger partial charge in [-0.05, 0) is 18.6 Å². The largest absolute Gasteiger partial charge is 0.385 e. The number of nitrogens with one attached hydrogen (secondary N) is 1. The van der Waals surface area contributed by atoms with E-state index in [2.05, 4.69) is 9.82 Å². The third-order valence-corrected chi connectivity index (χ3v) is 4.98. The number of ether oxygens (including phenoxy) is 1. The van der Waals surface area contributed by atoms with Crippen molar-refractivity contribution in [1.82, 2.24) is 14.5 Å². The highest BCUT2D eigenvalue weighted by atomic mass is 32.2. The molecular weight excluding hydrogens is 326 g/mol. The third-order valence-electron chi connectivity index (χ3n) is 3.52. The van der Waals surface area contributed by atoms with Crippen LogP contribution in [0.5, 0.6) is 0 Å². The minimum atomic E-state index is -3.63. The van der Waals surface area contributed by atoms with E-state index in [1.165, 1.54) is 0 Å². The van der Waals surface area contributed by atoms with Gasteiger partial charge in [0.1, 0.15) is 4.90 Å². The Balaban J connectivity index is 2.39. The standard InChI is InChI=1S/C17H25N3O3S/c1-17(2,3)16-15(24(21,22)18-11-8-12-23-4)13-20(19-16)14-9-6-5-7-10-14/h5-7,9-10,13,18H,8,11-12H2,1-4H3. The minimum absolute atomic E-state index is 0.219. The number of benzene rings is 1. The summed E-state index contributed by atoms with van der Waals surface area (Å²) in [6.07, 6.45) is 2.20. The molecule has 0 unspecified atom stereocenters. The number of rotatable bonds is 7. The summed E-state index contributed by atoms with van der Waals surface area (Å²) < 4.78 is 34.6. The van der Waals surface area contributed by atoms with Crippen molar-refractivity contribution in [2.75, 3.05) is 20.3 Å². The quantitative estimate of drug-likeness (QED) is 0.778. The van der Waals surface area contributed by atoms with Gasteiger partial charge in [0.25, 0.3) is 0 Å². The van der Waals surface area contributed by atoms with E-state index < -0.39 is 15.4 Å². The van der Waals surface area contributed by atoms with E-state index in [4.69, 9.17) is 4.74 Å². The second-order valence-electron chi connectivity index (χ2n) is 6.62. The Kier molecular flexibility index (Phi) is 5.79. The molecule has 0 aliphatic heterocycles. The normalized spacial score (nSPS) is 12.5. The molecule has 0 saturated heterocycles. The van der Waals surface area contributed by atoms with Crippen molar-refractivity contribution in [3.63, 3.8) is 0 Å². The van der Waals surface area contributed by atoms with Crippen LogP contribution in [-0.4, -0.2) is 38.5 Å². The van der Waals surface area contributed by atoms with Gasteiger partial charge in [-0.1, -0.05) is 39.0 Å². The first-order chi connectivity index (χ1) is 11.3. The molecule has 0 saturated carbocycles. The van der Waals surface area contributed by atoms with Gasteiger partial charge in [0.05, 0.1) is 17.6 Å². The second kappa shape index (κ2) is 7.46. The van der Waals surface area contributed by atoms with Crippen molar-refractivity contribution in [3.8, 4) is 5.69 Å². The molecule has 1 N–H and O–H groups in total. The van der Waals surface area contributed by atoms with Crippen LogP contribution >= 0.6 is 0 Å². The maximum atomic E-state index is 12.7. The first-order valence-corrected chi connectivity index (χ1v) is 9.38. The van der Waals surface area contributed by atoms with Crippen LogP contribution in [0.15, 0.2) is 41.4 Å². The molecule has 1 aromatic heterocycles. The van der Waals surface area contributed by atoms with Gasteiger partial charge in [0.15, 0.2) is 0 Å². The Morgan fingerprint density at radius 2 is 1.88 bits per heavy atom. The number of aromatic nitrogens is 2. The summed E-state index contributed by atoms with van der Waals surface area (Å²) in [6, 6.07) is 9.48. The lowest BCUT2D eigenvalue weighted by molar-refractivity contribution is 0.196.